The second-order valence-corrected chi connectivity index (χ2v) is 6.73. The van der Waals surface area contributed by atoms with Crippen molar-refractivity contribution in [3.05, 3.63) is 71.5 Å². The van der Waals surface area contributed by atoms with E-state index in [-0.39, 0.29) is 5.91 Å². The monoisotopic (exact) mass is 391 g/mol. The van der Waals surface area contributed by atoms with E-state index in [9.17, 15) is 4.79 Å². The third-order valence-corrected chi connectivity index (χ3v) is 4.66. The quantitative estimate of drug-likeness (QED) is 0.473. The topological polar surface area (TPSA) is 82.7 Å². The van der Waals surface area contributed by atoms with Gasteiger partial charge in [-0.2, -0.15) is 0 Å². The summed E-state index contributed by atoms with van der Waals surface area (Å²) >= 11 is 6.05. The van der Waals surface area contributed by atoms with Crippen molar-refractivity contribution in [2.24, 2.45) is 0 Å². The molecule has 28 heavy (non-hydrogen) atoms. The lowest BCUT2D eigenvalue weighted by molar-refractivity contribution is -0.119. The van der Waals surface area contributed by atoms with Crippen LogP contribution < -0.4 is 10.6 Å². The molecule has 0 aliphatic rings. The van der Waals surface area contributed by atoms with Crippen LogP contribution in [0.25, 0.3) is 22.2 Å². The van der Waals surface area contributed by atoms with Crippen molar-refractivity contribution in [2.45, 2.75) is 6.42 Å². The Balaban J connectivity index is 1.74. The minimum atomic E-state index is -0.0401. The molecule has 4 rings (SSSR count). The van der Waals surface area contributed by atoms with Crippen molar-refractivity contribution in [3.8, 4) is 11.3 Å². The SMILES string of the molecule is CNC(=O)Cc1c[nH]c2cccc(-c3ccnc(Nc4cccc(Cl)c4)n3)c12. The number of likely N-dealkylation sites (N-methyl/N-ethyl adjacent to an activating group) is 1. The lowest BCUT2D eigenvalue weighted by Crippen LogP contribution is -2.19. The Morgan fingerprint density at radius 1 is 1.18 bits per heavy atom. The maximum absolute atomic E-state index is 11.9. The highest BCUT2D eigenvalue weighted by molar-refractivity contribution is 6.30. The molecule has 0 saturated heterocycles. The summed E-state index contributed by atoms with van der Waals surface area (Å²) in [4.78, 5) is 24.1. The highest BCUT2D eigenvalue weighted by Crippen LogP contribution is 2.31. The number of fused-ring (bicyclic) bond motifs is 1. The first-order valence-corrected chi connectivity index (χ1v) is 9.17. The van der Waals surface area contributed by atoms with E-state index in [0.29, 0.717) is 17.4 Å². The molecular formula is C21H18ClN5O. The molecule has 3 N–H and O–H groups in total. The standard InChI is InChI=1S/C21H18ClN5O/c1-23-19(28)10-13-12-25-18-7-3-6-16(20(13)18)17-8-9-24-21(27-17)26-15-5-2-4-14(22)11-15/h2-9,11-12,25H,10H2,1H3,(H,23,28)(H,24,26,27). The van der Waals surface area contributed by atoms with E-state index in [1.165, 1.54) is 0 Å². The number of H-pyrrole nitrogens is 1. The highest BCUT2D eigenvalue weighted by atomic mass is 35.5. The van der Waals surface area contributed by atoms with E-state index in [2.05, 4.69) is 25.6 Å². The molecule has 0 spiro atoms. The number of aromatic amines is 1. The number of anilines is 2. The molecule has 0 radical (unpaired) electrons. The van der Waals surface area contributed by atoms with Gasteiger partial charge in [0.1, 0.15) is 0 Å². The number of halogens is 1. The molecule has 0 bridgehead atoms. The van der Waals surface area contributed by atoms with Gasteiger partial charge in [0.25, 0.3) is 0 Å². The first-order chi connectivity index (χ1) is 13.6. The predicted octanol–water partition coefficient (Wildman–Crippen LogP) is 4.31. The van der Waals surface area contributed by atoms with Gasteiger partial charge in [-0.15, -0.1) is 0 Å². The van der Waals surface area contributed by atoms with Crippen LogP contribution in [0.4, 0.5) is 11.6 Å². The zero-order chi connectivity index (χ0) is 19.5. The number of amides is 1. The minimum Gasteiger partial charge on any atom is -0.361 e. The van der Waals surface area contributed by atoms with E-state index in [1.54, 1.807) is 13.2 Å². The zero-order valence-corrected chi connectivity index (χ0v) is 15.9. The number of hydrogen-bond acceptors (Lipinski definition) is 4. The van der Waals surface area contributed by atoms with E-state index in [4.69, 9.17) is 11.6 Å². The number of rotatable bonds is 5. The summed E-state index contributed by atoms with van der Waals surface area (Å²) in [6.07, 6.45) is 3.88. The fourth-order valence-electron chi connectivity index (χ4n) is 3.13. The minimum absolute atomic E-state index is 0.0401. The van der Waals surface area contributed by atoms with Crippen LogP contribution in [0.2, 0.25) is 5.02 Å². The molecule has 0 atom stereocenters. The normalized spacial score (nSPS) is 10.8. The third kappa shape index (κ3) is 3.68. The summed E-state index contributed by atoms with van der Waals surface area (Å²) in [5.74, 6) is 0.432. The molecule has 6 nitrogen and oxygen atoms in total. The van der Waals surface area contributed by atoms with Gasteiger partial charge in [-0.3, -0.25) is 4.79 Å². The van der Waals surface area contributed by atoms with E-state index < -0.39 is 0 Å². The molecule has 0 saturated carbocycles. The summed E-state index contributed by atoms with van der Waals surface area (Å²) < 4.78 is 0. The van der Waals surface area contributed by atoms with Crippen molar-refractivity contribution in [2.75, 3.05) is 12.4 Å². The molecule has 0 fully saturated rings. The molecule has 140 valence electrons. The number of carbonyl (C=O) groups is 1. The smallest absolute Gasteiger partial charge is 0.227 e. The van der Waals surface area contributed by atoms with Gasteiger partial charge < -0.3 is 15.6 Å². The van der Waals surface area contributed by atoms with Crippen molar-refractivity contribution in [1.29, 1.82) is 0 Å². The van der Waals surface area contributed by atoms with E-state index >= 15 is 0 Å². The Labute approximate surface area is 167 Å². The van der Waals surface area contributed by atoms with Crippen LogP contribution in [0, 0.1) is 0 Å². The van der Waals surface area contributed by atoms with Gasteiger partial charge in [0, 0.05) is 46.6 Å². The van der Waals surface area contributed by atoms with Crippen molar-refractivity contribution in [3.63, 3.8) is 0 Å². The second kappa shape index (κ2) is 7.70. The summed E-state index contributed by atoms with van der Waals surface area (Å²) in [6.45, 7) is 0. The Kier molecular flexibility index (Phi) is 4.95. The average molecular weight is 392 g/mol. The zero-order valence-electron chi connectivity index (χ0n) is 15.2. The highest BCUT2D eigenvalue weighted by Gasteiger charge is 2.14. The van der Waals surface area contributed by atoms with Crippen LogP contribution in [0.15, 0.2) is 60.9 Å². The van der Waals surface area contributed by atoms with Crippen molar-refractivity contribution >= 4 is 40.0 Å². The largest absolute Gasteiger partial charge is 0.361 e. The summed E-state index contributed by atoms with van der Waals surface area (Å²) in [6, 6.07) is 15.2. The number of aromatic nitrogens is 3. The van der Waals surface area contributed by atoms with Crippen LogP contribution >= 0.6 is 11.6 Å². The molecule has 0 aliphatic heterocycles. The van der Waals surface area contributed by atoms with E-state index in [0.717, 1.165) is 33.4 Å². The first kappa shape index (κ1) is 18.0. The summed E-state index contributed by atoms with van der Waals surface area (Å²) in [5, 5.41) is 7.46. The summed E-state index contributed by atoms with van der Waals surface area (Å²) in [5.41, 5.74) is 4.40. The van der Waals surface area contributed by atoms with Crippen molar-refractivity contribution < 1.29 is 4.79 Å². The number of nitrogens with one attached hydrogen (secondary N) is 3. The Hall–Kier alpha value is -3.38. The molecular weight excluding hydrogens is 374 g/mol. The maximum atomic E-state index is 11.9. The molecule has 4 aromatic rings. The molecule has 2 aromatic carbocycles. The van der Waals surface area contributed by atoms with Gasteiger partial charge in [-0.25, -0.2) is 9.97 Å². The van der Waals surface area contributed by atoms with Gasteiger partial charge in [-0.05, 0) is 35.9 Å². The molecule has 2 aromatic heterocycles. The Morgan fingerprint density at radius 3 is 2.86 bits per heavy atom. The fourth-order valence-corrected chi connectivity index (χ4v) is 3.32. The van der Waals surface area contributed by atoms with Crippen LogP contribution in [0.5, 0.6) is 0 Å². The van der Waals surface area contributed by atoms with Gasteiger partial charge >= 0.3 is 0 Å². The molecule has 0 aliphatic carbocycles. The van der Waals surface area contributed by atoms with Crippen LogP contribution in [-0.2, 0) is 11.2 Å². The predicted molar refractivity (Wildman–Crippen MR) is 112 cm³/mol. The number of hydrogen-bond donors (Lipinski definition) is 3. The van der Waals surface area contributed by atoms with Gasteiger partial charge in [0.05, 0.1) is 12.1 Å². The van der Waals surface area contributed by atoms with Crippen LogP contribution in [0.1, 0.15) is 5.56 Å². The first-order valence-electron chi connectivity index (χ1n) is 8.79. The van der Waals surface area contributed by atoms with Crippen molar-refractivity contribution in [1.82, 2.24) is 20.3 Å². The average Bonchev–Trinajstić information content (AvgIpc) is 3.11. The number of benzene rings is 2. The van der Waals surface area contributed by atoms with E-state index in [1.807, 2.05) is 54.7 Å². The van der Waals surface area contributed by atoms with Crippen LogP contribution in [-0.4, -0.2) is 27.9 Å². The van der Waals surface area contributed by atoms with Crippen LogP contribution in [0.3, 0.4) is 0 Å². The number of carbonyl (C=O) groups excluding carboxylic acids is 1. The molecule has 1 amide bonds. The third-order valence-electron chi connectivity index (χ3n) is 4.43. The Bertz CT molecular complexity index is 1150. The lowest BCUT2D eigenvalue weighted by atomic mass is 10.0. The number of nitrogens with zero attached hydrogens (tertiary/aromatic N) is 2. The Morgan fingerprint density at radius 2 is 2.04 bits per heavy atom. The summed E-state index contributed by atoms with van der Waals surface area (Å²) in [7, 11) is 1.64. The second-order valence-electron chi connectivity index (χ2n) is 6.29. The molecule has 7 heteroatoms. The fraction of sp³-hybridized carbons (Fsp3) is 0.0952. The van der Waals surface area contributed by atoms with Gasteiger partial charge in [-0.1, -0.05) is 29.8 Å². The van der Waals surface area contributed by atoms with Gasteiger partial charge in [0.15, 0.2) is 0 Å². The molecule has 2 heterocycles. The maximum Gasteiger partial charge on any atom is 0.227 e. The lowest BCUT2D eigenvalue weighted by Gasteiger charge is -2.09. The molecule has 0 unspecified atom stereocenters. The van der Waals surface area contributed by atoms with Gasteiger partial charge in [0.2, 0.25) is 11.9 Å².